The summed E-state index contributed by atoms with van der Waals surface area (Å²) in [5, 5.41) is 2.60. The zero-order valence-corrected chi connectivity index (χ0v) is 14.5. The molecule has 138 valence electrons. The van der Waals surface area contributed by atoms with Gasteiger partial charge in [0, 0.05) is 7.05 Å². The van der Waals surface area contributed by atoms with Crippen LogP contribution in [-0.2, 0) is 20.9 Å². The highest BCUT2D eigenvalue weighted by atomic mass is 19.1. The summed E-state index contributed by atoms with van der Waals surface area (Å²) in [6, 6.07) is 7.32. The molecule has 8 heteroatoms. The van der Waals surface area contributed by atoms with Gasteiger partial charge < -0.3 is 19.4 Å². The molecule has 0 fully saturated rings. The highest BCUT2D eigenvalue weighted by molar-refractivity contribution is 5.92. The first-order chi connectivity index (χ1) is 12.4. The number of rotatable bonds is 7. The Morgan fingerprint density at radius 3 is 2.69 bits per heavy atom. The molecule has 0 radical (unpaired) electrons. The van der Waals surface area contributed by atoms with Gasteiger partial charge >= 0.3 is 5.97 Å². The summed E-state index contributed by atoms with van der Waals surface area (Å²) in [4.78, 5) is 36.7. The number of aryl methyl sites for hydroxylation is 1. The molecule has 0 spiro atoms. The van der Waals surface area contributed by atoms with Gasteiger partial charge in [-0.05, 0) is 36.8 Å². The molecule has 1 N–H and O–H groups in total. The smallest absolute Gasteiger partial charge is 0.338 e. The Kier molecular flexibility index (Phi) is 6.48. The fraction of sp³-hybridized carbons (Fsp3) is 0.278. The summed E-state index contributed by atoms with van der Waals surface area (Å²) < 4.78 is 23.4. The van der Waals surface area contributed by atoms with Gasteiger partial charge in [0.25, 0.3) is 5.91 Å². The molecule has 0 saturated carbocycles. The first-order valence-electron chi connectivity index (χ1n) is 7.83. The summed E-state index contributed by atoms with van der Waals surface area (Å²) in [6.07, 6.45) is 1.49. The molecule has 1 aromatic carbocycles. The number of hydrogen-bond acceptors (Lipinski definition) is 5. The van der Waals surface area contributed by atoms with Crippen LogP contribution in [0.15, 0.2) is 41.0 Å². The van der Waals surface area contributed by atoms with Crippen LogP contribution < -0.4 is 5.32 Å². The maximum absolute atomic E-state index is 13.5. The first-order valence-corrected chi connectivity index (χ1v) is 7.83. The van der Waals surface area contributed by atoms with Crippen molar-refractivity contribution < 1.29 is 27.9 Å². The monoisotopic (exact) mass is 362 g/mol. The van der Waals surface area contributed by atoms with Crippen LogP contribution in [0.2, 0.25) is 0 Å². The lowest BCUT2D eigenvalue weighted by Crippen LogP contribution is -2.39. The number of likely N-dealkylation sites (N-methyl/N-ethyl adjacent to an activating group) is 1. The molecule has 1 aromatic heterocycles. The minimum atomic E-state index is -0.812. The molecule has 0 unspecified atom stereocenters. The second-order valence-electron chi connectivity index (χ2n) is 5.65. The minimum Gasteiger partial charge on any atom is -0.467 e. The van der Waals surface area contributed by atoms with Crippen LogP contribution in [0, 0.1) is 12.7 Å². The first kappa shape index (κ1) is 19.2. The number of carbonyl (C=O) groups is 3. The quantitative estimate of drug-likeness (QED) is 0.757. The SMILES string of the molecule is Cc1ccc(C(=O)OCC(=O)N(C)CC(=O)NCc2ccco2)cc1F. The Labute approximate surface area is 149 Å². The van der Waals surface area contributed by atoms with Gasteiger partial charge in [0.2, 0.25) is 5.91 Å². The zero-order chi connectivity index (χ0) is 19.1. The lowest BCUT2D eigenvalue weighted by molar-refractivity contribution is -0.137. The second-order valence-corrected chi connectivity index (χ2v) is 5.65. The molecule has 0 bridgehead atoms. The number of hydrogen-bond donors (Lipinski definition) is 1. The number of furan rings is 1. The van der Waals surface area contributed by atoms with Crippen LogP contribution in [0.25, 0.3) is 0 Å². The van der Waals surface area contributed by atoms with E-state index in [4.69, 9.17) is 9.15 Å². The molecular weight excluding hydrogens is 343 g/mol. The number of halogens is 1. The molecule has 2 rings (SSSR count). The van der Waals surface area contributed by atoms with E-state index >= 15 is 0 Å². The number of ether oxygens (including phenoxy) is 1. The maximum Gasteiger partial charge on any atom is 0.338 e. The Morgan fingerprint density at radius 2 is 2.04 bits per heavy atom. The molecule has 0 saturated heterocycles. The van der Waals surface area contributed by atoms with Crippen LogP contribution in [-0.4, -0.2) is 42.9 Å². The van der Waals surface area contributed by atoms with Gasteiger partial charge in [-0.2, -0.15) is 0 Å². The third-order valence-electron chi connectivity index (χ3n) is 3.58. The fourth-order valence-corrected chi connectivity index (χ4v) is 2.00. The lowest BCUT2D eigenvalue weighted by atomic mass is 10.1. The molecule has 0 aliphatic carbocycles. The van der Waals surface area contributed by atoms with Gasteiger partial charge in [0.1, 0.15) is 11.6 Å². The van der Waals surface area contributed by atoms with Crippen LogP contribution in [0.1, 0.15) is 21.7 Å². The van der Waals surface area contributed by atoms with Crippen molar-refractivity contribution in [3.63, 3.8) is 0 Å². The normalized spacial score (nSPS) is 10.3. The zero-order valence-electron chi connectivity index (χ0n) is 14.5. The molecule has 2 aromatic rings. The number of carbonyl (C=O) groups excluding carboxylic acids is 3. The number of amides is 2. The van der Waals surface area contributed by atoms with Crippen molar-refractivity contribution in [1.29, 1.82) is 0 Å². The van der Waals surface area contributed by atoms with E-state index in [2.05, 4.69) is 5.32 Å². The van der Waals surface area contributed by atoms with E-state index < -0.39 is 24.3 Å². The molecule has 7 nitrogen and oxygen atoms in total. The van der Waals surface area contributed by atoms with Crippen molar-refractivity contribution in [3.8, 4) is 0 Å². The minimum absolute atomic E-state index is 0.0137. The fourth-order valence-electron chi connectivity index (χ4n) is 2.00. The van der Waals surface area contributed by atoms with E-state index in [0.717, 1.165) is 11.0 Å². The summed E-state index contributed by atoms with van der Waals surface area (Å²) in [7, 11) is 1.41. The molecule has 2 amide bonds. The topological polar surface area (TPSA) is 88.9 Å². The van der Waals surface area contributed by atoms with Crippen molar-refractivity contribution in [2.24, 2.45) is 0 Å². The van der Waals surface area contributed by atoms with Crippen molar-refractivity contribution in [2.75, 3.05) is 20.2 Å². The van der Waals surface area contributed by atoms with E-state index in [-0.39, 0.29) is 24.6 Å². The van der Waals surface area contributed by atoms with E-state index in [9.17, 15) is 18.8 Å². The summed E-state index contributed by atoms with van der Waals surface area (Å²) >= 11 is 0. The van der Waals surface area contributed by atoms with Crippen LogP contribution in [0.5, 0.6) is 0 Å². The largest absolute Gasteiger partial charge is 0.467 e. The van der Waals surface area contributed by atoms with Gasteiger partial charge in [-0.3, -0.25) is 9.59 Å². The van der Waals surface area contributed by atoms with Gasteiger partial charge in [0.15, 0.2) is 6.61 Å². The van der Waals surface area contributed by atoms with E-state index in [1.807, 2.05) is 0 Å². The summed E-state index contributed by atoms with van der Waals surface area (Å²) in [5.41, 5.74) is 0.415. The standard InChI is InChI=1S/C18H19FN2O5/c1-12-5-6-13(8-15(12)19)18(24)26-11-17(23)21(2)10-16(22)20-9-14-4-3-7-25-14/h3-8H,9-11H2,1-2H3,(H,20,22). The van der Waals surface area contributed by atoms with Crippen LogP contribution >= 0.6 is 0 Å². The Morgan fingerprint density at radius 1 is 1.27 bits per heavy atom. The molecule has 0 aliphatic heterocycles. The number of nitrogens with zero attached hydrogens (tertiary/aromatic N) is 1. The van der Waals surface area contributed by atoms with Crippen molar-refractivity contribution in [1.82, 2.24) is 10.2 Å². The highest BCUT2D eigenvalue weighted by Gasteiger charge is 2.16. The molecule has 0 aliphatic rings. The average molecular weight is 362 g/mol. The van der Waals surface area contributed by atoms with E-state index in [0.29, 0.717) is 11.3 Å². The van der Waals surface area contributed by atoms with Gasteiger partial charge in [-0.15, -0.1) is 0 Å². The molecule has 26 heavy (non-hydrogen) atoms. The summed E-state index contributed by atoms with van der Waals surface area (Å²) in [5.74, 6) is -1.70. The third-order valence-corrected chi connectivity index (χ3v) is 3.58. The molecule has 0 atom stereocenters. The number of esters is 1. The Hall–Kier alpha value is -3.16. The average Bonchev–Trinajstić information content (AvgIpc) is 3.13. The van der Waals surface area contributed by atoms with Gasteiger partial charge in [0.05, 0.1) is 24.9 Å². The Bertz CT molecular complexity index is 789. The maximum atomic E-state index is 13.5. The van der Waals surface area contributed by atoms with Crippen molar-refractivity contribution in [2.45, 2.75) is 13.5 Å². The van der Waals surface area contributed by atoms with Crippen molar-refractivity contribution >= 4 is 17.8 Å². The molecular formula is C18H19FN2O5. The van der Waals surface area contributed by atoms with Gasteiger partial charge in [-0.25, -0.2) is 9.18 Å². The predicted molar refractivity (Wildman–Crippen MR) is 89.6 cm³/mol. The van der Waals surface area contributed by atoms with Crippen LogP contribution in [0.3, 0.4) is 0 Å². The highest BCUT2D eigenvalue weighted by Crippen LogP contribution is 2.10. The number of benzene rings is 1. The summed E-state index contributed by atoms with van der Waals surface area (Å²) in [6.45, 7) is 1.04. The third kappa shape index (κ3) is 5.44. The van der Waals surface area contributed by atoms with E-state index in [1.165, 1.54) is 25.4 Å². The van der Waals surface area contributed by atoms with Crippen LogP contribution in [0.4, 0.5) is 4.39 Å². The predicted octanol–water partition coefficient (Wildman–Crippen LogP) is 1.66. The number of nitrogens with one attached hydrogen (secondary N) is 1. The lowest BCUT2D eigenvalue weighted by Gasteiger charge is -2.16. The van der Waals surface area contributed by atoms with Gasteiger partial charge in [-0.1, -0.05) is 6.07 Å². The second kappa shape index (κ2) is 8.80. The molecule has 1 heterocycles. The Balaban J connectivity index is 1.76. The van der Waals surface area contributed by atoms with Crippen molar-refractivity contribution in [3.05, 3.63) is 59.3 Å². The van der Waals surface area contributed by atoms with E-state index in [1.54, 1.807) is 19.1 Å².